The summed E-state index contributed by atoms with van der Waals surface area (Å²) in [5.74, 6) is -1.89. The molecule has 5 aliphatic rings. The predicted octanol–water partition coefficient (Wildman–Crippen LogP) is 5.03. The maximum Gasteiger partial charge on any atom is 0.177 e. The largest absolute Gasteiger partial charge is 0.399 e. The Morgan fingerprint density at radius 1 is 1.11 bits per heavy atom. The summed E-state index contributed by atoms with van der Waals surface area (Å²) in [5, 5.41) is 39.3. The van der Waals surface area contributed by atoms with Crippen molar-refractivity contribution in [1.82, 2.24) is 0 Å². The van der Waals surface area contributed by atoms with E-state index in [0.717, 1.165) is 24.1 Å². The summed E-state index contributed by atoms with van der Waals surface area (Å²) >= 11 is 0. The molecule has 3 fully saturated rings. The number of rotatable bonds is 2. The molecule has 4 heterocycles. The van der Waals surface area contributed by atoms with Crippen molar-refractivity contribution in [2.24, 2.45) is 17.0 Å². The fraction of sp³-hybridized carbons (Fsp3) is 0.686. The number of hydrogen-bond acceptors (Lipinski definition) is 9. The van der Waals surface area contributed by atoms with Crippen LogP contribution in [0.3, 0.4) is 0 Å². The van der Waals surface area contributed by atoms with Crippen molar-refractivity contribution in [2.75, 3.05) is 13.7 Å². The van der Waals surface area contributed by atoms with E-state index < -0.39 is 41.9 Å². The van der Waals surface area contributed by atoms with Crippen LogP contribution in [0.4, 0.5) is 0 Å². The first-order valence-corrected chi connectivity index (χ1v) is 16.0. The van der Waals surface area contributed by atoms with Gasteiger partial charge in [0.2, 0.25) is 0 Å². The van der Waals surface area contributed by atoms with Gasteiger partial charge < -0.3 is 39.1 Å². The van der Waals surface area contributed by atoms with E-state index >= 15 is 0 Å². The Morgan fingerprint density at radius 2 is 1.89 bits per heavy atom. The van der Waals surface area contributed by atoms with Crippen LogP contribution in [0.15, 0.2) is 63.4 Å². The number of nitrogens with zero attached hydrogens (tertiary/aromatic N) is 1. The lowest BCUT2D eigenvalue weighted by Gasteiger charge is -2.51. The van der Waals surface area contributed by atoms with Crippen LogP contribution < -0.4 is 0 Å². The Hall–Kier alpha value is -2.11. The summed E-state index contributed by atoms with van der Waals surface area (Å²) in [6, 6.07) is 0. The number of oxime groups is 1. The van der Waals surface area contributed by atoms with Crippen LogP contribution in [0.5, 0.6) is 0 Å². The second-order valence-corrected chi connectivity index (χ2v) is 13.6. The molecule has 3 saturated heterocycles. The van der Waals surface area contributed by atoms with E-state index in [4.69, 9.17) is 23.8 Å². The van der Waals surface area contributed by atoms with E-state index in [0.29, 0.717) is 36.8 Å². The molecule has 0 radical (unpaired) electrons. The van der Waals surface area contributed by atoms with Gasteiger partial charge in [0.05, 0.1) is 36.5 Å². The summed E-state index contributed by atoms with van der Waals surface area (Å²) in [7, 11) is 1.55. The number of aliphatic hydroxyl groups excluding tert-OH is 2. The van der Waals surface area contributed by atoms with Gasteiger partial charge in [0.15, 0.2) is 12.1 Å². The predicted molar refractivity (Wildman–Crippen MR) is 168 cm³/mol. The molecule has 5 rings (SSSR count). The van der Waals surface area contributed by atoms with Gasteiger partial charge in [-0.05, 0) is 70.6 Å². The van der Waals surface area contributed by atoms with Crippen molar-refractivity contribution in [3.63, 3.8) is 0 Å². The topological polar surface area (TPSA) is 119 Å². The highest BCUT2D eigenvalue weighted by Crippen LogP contribution is 2.48. The Kier molecular flexibility index (Phi) is 10.1. The molecular formula is C35H51NO8. The van der Waals surface area contributed by atoms with Crippen LogP contribution in [0.2, 0.25) is 0 Å². The molecule has 44 heavy (non-hydrogen) atoms. The van der Waals surface area contributed by atoms with Gasteiger partial charge in [0, 0.05) is 25.2 Å². The quantitative estimate of drug-likeness (QED) is 0.293. The van der Waals surface area contributed by atoms with Gasteiger partial charge in [-0.15, -0.1) is 0 Å². The van der Waals surface area contributed by atoms with Gasteiger partial charge in [-0.2, -0.15) is 0 Å². The summed E-state index contributed by atoms with van der Waals surface area (Å²) in [6.45, 7) is 12.4. The van der Waals surface area contributed by atoms with E-state index in [1.165, 1.54) is 11.1 Å². The highest BCUT2D eigenvalue weighted by Gasteiger charge is 2.59. The van der Waals surface area contributed by atoms with Gasteiger partial charge in [-0.1, -0.05) is 53.6 Å². The normalized spacial score (nSPS) is 45.4. The van der Waals surface area contributed by atoms with Crippen molar-refractivity contribution in [2.45, 2.75) is 128 Å². The Bertz CT molecular complexity index is 1260. The molecule has 9 nitrogen and oxygen atoms in total. The van der Waals surface area contributed by atoms with Gasteiger partial charge >= 0.3 is 0 Å². The summed E-state index contributed by atoms with van der Waals surface area (Å²) in [4.78, 5) is 5.28. The molecule has 2 unspecified atom stereocenters. The van der Waals surface area contributed by atoms with E-state index in [9.17, 15) is 15.3 Å². The minimum absolute atomic E-state index is 0.00863. The maximum atomic E-state index is 12.2. The molecule has 0 aromatic heterocycles. The maximum absolute atomic E-state index is 12.2. The van der Waals surface area contributed by atoms with Crippen LogP contribution in [-0.4, -0.2) is 82.9 Å². The number of fused-ring (bicyclic) bond motifs is 2. The van der Waals surface area contributed by atoms with Crippen LogP contribution >= 0.6 is 0 Å². The first kappa shape index (κ1) is 33.3. The van der Waals surface area contributed by atoms with E-state index in [1.807, 2.05) is 12.2 Å². The molecule has 9 heteroatoms. The highest BCUT2D eigenvalue weighted by atomic mass is 16.7. The Morgan fingerprint density at radius 3 is 2.61 bits per heavy atom. The van der Waals surface area contributed by atoms with Crippen molar-refractivity contribution < 1.29 is 39.1 Å². The van der Waals surface area contributed by atoms with Crippen molar-refractivity contribution in [3.05, 3.63) is 58.2 Å². The third-order valence-electron chi connectivity index (χ3n) is 10.2. The minimum atomic E-state index is -1.63. The zero-order valence-corrected chi connectivity index (χ0v) is 27.3. The third-order valence-corrected chi connectivity index (χ3v) is 10.2. The first-order valence-electron chi connectivity index (χ1n) is 16.0. The zero-order valence-electron chi connectivity index (χ0n) is 27.3. The fourth-order valence-electron chi connectivity index (χ4n) is 7.41. The average molecular weight is 614 g/mol. The van der Waals surface area contributed by atoms with Gasteiger partial charge in [-0.3, -0.25) is 0 Å². The van der Waals surface area contributed by atoms with Gasteiger partial charge in [0.25, 0.3) is 0 Å². The molecule has 0 aromatic rings. The van der Waals surface area contributed by atoms with Crippen molar-refractivity contribution in [1.29, 1.82) is 0 Å². The molecular weight excluding hydrogens is 562 g/mol. The molecule has 4 aliphatic heterocycles. The number of ether oxygens (including phenoxy) is 4. The molecule has 3 N–H and O–H groups in total. The third kappa shape index (κ3) is 6.43. The van der Waals surface area contributed by atoms with Crippen LogP contribution in [0.1, 0.15) is 80.1 Å². The average Bonchev–Trinajstić information content (AvgIpc) is 3.31. The molecule has 10 atom stereocenters. The molecule has 1 aliphatic carbocycles. The number of allylic oxidation sites excluding steroid dienone is 5. The molecule has 0 amide bonds. The van der Waals surface area contributed by atoms with Gasteiger partial charge in [-0.25, -0.2) is 0 Å². The lowest BCUT2D eigenvalue weighted by molar-refractivity contribution is -0.327. The Balaban J connectivity index is 1.54. The molecule has 1 spiro atoms. The van der Waals surface area contributed by atoms with Crippen LogP contribution in [0.25, 0.3) is 0 Å². The minimum Gasteiger partial charge on any atom is -0.399 e. The van der Waals surface area contributed by atoms with Crippen molar-refractivity contribution in [3.8, 4) is 0 Å². The molecule has 0 saturated carbocycles. The summed E-state index contributed by atoms with van der Waals surface area (Å²) in [6.07, 6.45) is 9.35. The van der Waals surface area contributed by atoms with Gasteiger partial charge in [0.1, 0.15) is 24.9 Å². The SMILES string of the molecule is CO/N=C1\C[C@]2(C[C@@H]3C[C@@H](C/C=C(\C)CC/C=C/C=C4\CO[C@@H]5[C@H](O)C(C)=CC(C(O)O3)[C@]45O)O2)O[C@H](C(C)=C(C)C)[C@H]1C. The second-order valence-electron chi connectivity index (χ2n) is 13.6. The Labute approximate surface area is 261 Å². The fourth-order valence-corrected chi connectivity index (χ4v) is 7.41. The van der Waals surface area contributed by atoms with E-state index in [1.54, 1.807) is 20.1 Å². The zero-order chi connectivity index (χ0) is 31.8. The number of aliphatic hydroxyl groups is 3. The van der Waals surface area contributed by atoms with E-state index in [-0.39, 0.29) is 24.7 Å². The smallest absolute Gasteiger partial charge is 0.177 e. The molecule has 2 bridgehead atoms. The molecule has 0 aromatic carbocycles. The van der Waals surface area contributed by atoms with E-state index in [2.05, 4.69) is 51.9 Å². The highest BCUT2D eigenvalue weighted by molar-refractivity contribution is 5.88. The lowest BCUT2D eigenvalue weighted by Crippen LogP contribution is -2.60. The standard InChI is InChI=1S/C35H51NO8/c1-20(2)23(5)31-24(6)29(36-40-7)18-34(44-31)17-27-16-26(43-34)14-13-21(3)11-9-8-10-12-25-19-41-32-30(37)22(4)15-28(33(38)42-27)35(25,32)39/h8,10,12-13,15,24,26-28,30-33,37-39H,9,11,14,16-19H2,1-7H3/b10-8+,21-13+,25-12+,36-29+/t24-,26+,27-,28?,30+,31+,32+,33?,34-,35+/m0/s1. The summed E-state index contributed by atoms with van der Waals surface area (Å²) in [5.41, 5.74) is 4.03. The number of hydrogen-bond donors (Lipinski definition) is 3. The second kappa shape index (κ2) is 13.3. The van der Waals surface area contributed by atoms with Crippen LogP contribution in [0, 0.1) is 11.8 Å². The summed E-state index contributed by atoms with van der Waals surface area (Å²) < 4.78 is 26.2. The molecule has 244 valence electrons. The lowest BCUT2D eigenvalue weighted by atomic mass is 9.70. The van der Waals surface area contributed by atoms with Crippen LogP contribution in [-0.2, 0) is 23.8 Å². The van der Waals surface area contributed by atoms with Crippen molar-refractivity contribution >= 4 is 5.71 Å². The monoisotopic (exact) mass is 613 g/mol. The first-order chi connectivity index (χ1) is 20.9.